The number of nitrogens with zero attached hydrogens (tertiary/aromatic N) is 2. The van der Waals surface area contributed by atoms with E-state index in [2.05, 4.69) is 41.9 Å². The van der Waals surface area contributed by atoms with Crippen LogP contribution in [0.5, 0.6) is 5.75 Å². The fraction of sp³-hybridized carbons (Fsp3) is 0.700. The maximum atomic E-state index is 5.97. The van der Waals surface area contributed by atoms with Gasteiger partial charge < -0.3 is 15.4 Å². The van der Waals surface area contributed by atoms with Crippen molar-refractivity contribution in [2.24, 2.45) is 17.6 Å². The van der Waals surface area contributed by atoms with E-state index in [1.165, 1.54) is 88.4 Å². The van der Waals surface area contributed by atoms with E-state index in [-0.39, 0.29) is 0 Å². The maximum Gasteiger partial charge on any atom is 0.120 e. The number of rotatable bonds is 16. The van der Waals surface area contributed by atoms with Gasteiger partial charge in [-0.3, -0.25) is 4.98 Å². The smallest absolute Gasteiger partial charge is 0.120 e. The lowest BCUT2D eigenvalue weighted by molar-refractivity contribution is 0.108. The van der Waals surface area contributed by atoms with Gasteiger partial charge in [0, 0.05) is 18.1 Å². The van der Waals surface area contributed by atoms with Gasteiger partial charge in [0.2, 0.25) is 0 Å². The van der Waals surface area contributed by atoms with Crippen LogP contribution in [0.4, 0.5) is 0 Å². The molecule has 2 heterocycles. The molecule has 3 rings (SSSR count). The quantitative estimate of drug-likeness (QED) is 0.270. The Labute approximate surface area is 208 Å². The molecule has 2 aromatic rings. The Morgan fingerprint density at radius 3 is 2.71 bits per heavy atom. The Bertz CT molecular complexity index is 824. The van der Waals surface area contributed by atoms with E-state index >= 15 is 0 Å². The fourth-order valence-corrected chi connectivity index (χ4v) is 5.62. The van der Waals surface area contributed by atoms with Crippen LogP contribution in [-0.4, -0.2) is 42.7 Å². The highest BCUT2D eigenvalue weighted by Gasteiger charge is 2.27. The Hall–Kier alpha value is -1.65. The van der Waals surface area contributed by atoms with Gasteiger partial charge in [-0.25, -0.2) is 0 Å². The number of hydrogen-bond acceptors (Lipinski definition) is 4. The number of nitrogens with two attached hydrogens (primary N) is 1. The summed E-state index contributed by atoms with van der Waals surface area (Å²) in [6, 6.07) is 8.54. The first-order chi connectivity index (χ1) is 16.7. The van der Waals surface area contributed by atoms with Crippen LogP contribution in [-0.2, 0) is 6.42 Å². The van der Waals surface area contributed by atoms with Gasteiger partial charge >= 0.3 is 0 Å². The molecule has 4 heteroatoms. The Balaban J connectivity index is 1.48. The summed E-state index contributed by atoms with van der Waals surface area (Å²) >= 11 is 0. The average molecular weight is 468 g/mol. The van der Waals surface area contributed by atoms with Crippen molar-refractivity contribution < 1.29 is 4.74 Å². The number of benzene rings is 1. The summed E-state index contributed by atoms with van der Waals surface area (Å²) in [7, 11) is 0. The van der Waals surface area contributed by atoms with Gasteiger partial charge in [-0.15, -0.1) is 0 Å². The summed E-state index contributed by atoms with van der Waals surface area (Å²) in [5.41, 5.74) is 8.08. The third-order valence-electron chi connectivity index (χ3n) is 7.77. The summed E-state index contributed by atoms with van der Waals surface area (Å²) < 4.78 is 5.97. The van der Waals surface area contributed by atoms with Crippen molar-refractivity contribution >= 4 is 10.9 Å². The molecule has 1 aromatic carbocycles. The molecule has 0 spiro atoms. The van der Waals surface area contributed by atoms with E-state index in [1.807, 2.05) is 12.3 Å². The zero-order chi connectivity index (χ0) is 24.0. The molecule has 1 aliphatic heterocycles. The summed E-state index contributed by atoms with van der Waals surface area (Å²) in [6.07, 6.45) is 17.4. The molecular formula is C30H49N3O. The molecule has 34 heavy (non-hydrogen) atoms. The predicted octanol–water partition coefficient (Wildman–Crippen LogP) is 6.99. The van der Waals surface area contributed by atoms with Crippen molar-refractivity contribution in [1.82, 2.24) is 9.88 Å². The van der Waals surface area contributed by atoms with Crippen LogP contribution >= 0.6 is 0 Å². The lowest BCUT2D eigenvalue weighted by atomic mass is 9.80. The lowest BCUT2D eigenvalue weighted by Gasteiger charge is -2.38. The van der Waals surface area contributed by atoms with Crippen molar-refractivity contribution in [3.8, 4) is 5.75 Å². The van der Waals surface area contributed by atoms with Crippen molar-refractivity contribution in [2.45, 2.75) is 90.9 Å². The highest BCUT2D eigenvalue weighted by atomic mass is 16.5. The number of likely N-dealkylation sites (tertiary alicyclic amines) is 1. The van der Waals surface area contributed by atoms with Crippen molar-refractivity contribution in [3.05, 3.63) is 36.0 Å². The molecule has 0 amide bonds. The first-order valence-corrected chi connectivity index (χ1v) is 14.2. The molecule has 1 aliphatic rings. The number of pyridine rings is 1. The molecule has 2 atom stereocenters. The second kappa shape index (κ2) is 15.4. The molecule has 0 radical (unpaired) electrons. The number of aryl methyl sites for hydroxylation is 1. The highest BCUT2D eigenvalue weighted by molar-refractivity contribution is 5.83. The van der Waals surface area contributed by atoms with E-state index in [4.69, 9.17) is 10.5 Å². The molecule has 0 aliphatic carbocycles. The molecule has 0 unspecified atom stereocenters. The van der Waals surface area contributed by atoms with Gasteiger partial charge in [-0.05, 0) is 106 Å². The summed E-state index contributed by atoms with van der Waals surface area (Å²) in [5.74, 6) is 2.70. The van der Waals surface area contributed by atoms with E-state index in [9.17, 15) is 0 Å². The van der Waals surface area contributed by atoms with Gasteiger partial charge in [-0.2, -0.15) is 0 Å². The monoisotopic (exact) mass is 467 g/mol. The van der Waals surface area contributed by atoms with E-state index in [1.54, 1.807) is 0 Å². The number of ether oxygens (including phenoxy) is 1. The maximum absolute atomic E-state index is 5.97. The largest absolute Gasteiger partial charge is 0.494 e. The minimum Gasteiger partial charge on any atom is -0.494 e. The first-order valence-electron chi connectivity index (χ1n) is 14.2. The summed E-state index contributed by atoms with van der Waals surface area (Å²) in [6.45, 7) is 10.1. The second-order valence-corrected chi connectivity index (χ2v) is 10.3. The Morgan fingerprint density at radius 2 is 1.88 bits per heavy atom. The number of fused-ring (bicyclic) bond motifs is 1. The molecular weight excluding hydrogens is 418 g/mol. The van der Waals surface area contributed by atoms with E-state index < -0.39 is 0 Å². The van der Waals surface area contributed by atoms with Gasteiger partial charge in [0.05, 0.1) is 12.1 Å². The molecule has 0 saturated carbocycles. The molecule has 1 fully saturated rings. The summed E-state index contributed by atoms with van der Waals surface area (Å²) in [4.78, 5) is 7.34. The third kappa shape index (κ3) is 8.53. The SMILES string of the molecule is CCCCCCCN1CC[C@@H](CCCc2ccnc3ccc(OCCCCN)cc23)[C@@H](CC)C1. The van der Waals surface area contributed by atoms with E-state index in [0.29, 0.717) is 0 Å². The molecule has 1 aromatic heterocycles. The van der Waals surface area contributed by atoms with Crippen LogP contribution < -0.4 is 10.5 Å². The predicted molar refractivity (Wildman–Crippen MR) is 146 cm³/mol. The van der Waals surface area contributed by atoms with Crippen LogP contribution in [0.2, 0.25) is 0 Å². The van der Waals surface area contributed by atoms with Crippen LogP contribution in [0.3, 0.4) is 0 Å². The van der Waals surface area contributed by atoms with Gasteiger partial charge in [0.15, 0.2) is 0 Å². The minimum absolute atomic E-state index is 0.728. The molecule has 190 valence electrons. The van der Waals surface area contributed by atoms with Gasteiger partial charge in [0.1, 0.15) is 5.75 Å². The summed E-state index contributed by atoms with van der Waals surface area (Å²) in [5, 5.41) is 1.25. The highest BCUT2D eigenvalue weighted by Crippen LogP contribution is 2.31. The van der Waals surface area contributed by atoms with Gasteiger partial charge in [0.25, 0.3) is 0 Å². The van der Waals surface area contributed by atoms with Crippen molar-refractivity contribution in [2.75, 3.05) is 32.8 Å². The lowest BCUT2D eigenvalue weighted by Crippen LogP contribution is -2.40. The first kappa shape index (κ1) is 26.9. The number of aromatic nitrogens is 1. The fourth-order valence-electron chi connectivity index (χ4n) is 5.62. The average Bonchev–Trinajstić information content (AvgIpc) is 2.87. The van der Waals surface area contributed by atoms with Crippen LogP contribution in [0, 0.1) is 11.8 Å². The topological polar surface area (TPSA) is 51.4 Å². The minimum atomic E-state index is 0.728. The molecule has 1 saturated heterocycles. The Morgan fingerprint density at radius 1 is 1.00 bits per heavy atom. The molecule has 2 N–H and O–H groups in total. The number of piperidine rings is 1. The zero-order valence-electron chi connectivity index (χ0n) is 21.9. The molecule has 0 bridgehead atoms. The molecule has 4 nitrogen and oxygen atoms in total. The zero-order valence-corrected chi connectivity index (χ0v) is 21.9. The van der Waals surface area contributed by atoms with Crippen LogP contribution in [0.25, 0.3) is 10.9 Å². The van der Waals surface area contributed by atoms with Crippen molar-refractivity contribution in [3.63, 3.8) is 0 Å². The second-order valence-electron chi connectivity index (χ2n) is 10.3. The van der Waals surface area contributed by atoms with Gasteiger partial charge in [-0.1, -0.05) is 46.0 Å². The van der Waals surface area contributed by atoms with Crippen molar-refractivity contribution in [1.29, 1.82) is 0 Å². The number of unbranched alkanes of at least 4 members (excludes halogenated alkanes) is 5. The van der Waals surface area contributed by atoms with Crippen LogP contribution in [0.15, 0.2) is 30.5 Å². The van der Waals surface area contributed by atoms with E-state index in [0.717, 1.165) is 55.5 Å². The Kier molecular flexibility index (Phi) is 12.2. The number of hydrogen-bond donors (Lipinski definition) is 1. The van der Waals surface area contributed by atoms with Crippen LogP contribution in [0.1, 0.15) is 90.0 Å². The normalized spacial score (nSPS) is 19.0. The standard InChI is InChI=1S/C30H49N3O/c1-3-5-6-7-9-20-33-21-17-26(25(4-2)24-33)12-11-13-27-16-19-32-30-15-14-28(23-29(27)30)34-22-10-8-18-31/h14-16,19,23,25-26H,3-13,17-18,20-22,24,31H2,1-2H3/t25-,26+/m0/s1. The third-order valence-corrected chi connectivity index (χ3v) is 7.77.